The van der Waals surface area contributed by atoms with Crippen LogP contribution in [-0.4, -0.2) is 35.0 Å². The molecule has 5 nitrogen and oxygen atoms in total. The van der Waals surface area contributed by atoms with E-state index in [1.165, 1.54) is 0 Å². The van der Waals surface area contributed by atoms with Crippen LogP contribution in [0.25, 0.3) is 10.9 Å². The quantitative estimate of drug-likeness (QED) is 0.924. The first-order chi connectivity index (χ1) is 10.0. The Morgan fingerprint density at radius 1 is 1.38 bits per heavy atom. The predicted octanol–water partition coefficient (Wildman–Crippen LogP) is 2.35. The van der Waals surface area contributed by atoms with E-state index in [4.69, 9.17) is 0 Å². The molecule has 0 aliphatic carbocycles. The zero-order chi connectivity index (χ0) is 15.0. The minimum absolute atomic E-state index is 0.0459. The lowest BCUT2D eigenvalue weighted by atomic mass is 9.98. The maximum absolute atomic E-state index is 12.0. The monoisotopic (exact) mass is 348 g/mol. The van der Waals surface area contributed by atoms with Gasteiger partial charge in [-0.3, -0.25) is 4.79 Å². The summed E-state index contributed by atoms with van der Waals surface area (Å²) in [5.41, 5.74) is 0.915. The summed E-state index contributed by atoms with van der Waals surface area (Å²) in [5, 5.41) is 3.97. The molecule has 1 aromatic carbocycles. The number of nitrogens with one attached hydrogen (secondary N) is 1. The lowest BCUT2D eigenvalue weighted by Gasteiger charge is -2.39. The second-order valence-corrected chi connectivity index (χ2v) is 6.54. The predicted molar refractivity (Wildman–Crippen MR) is 86.2 cm³/mol. The van der Waals surface area contributed by atoms with Gasteiger partial charge in [-0.2, -0.15) is 0 Å². The van der Waals surface area contributed by atoms with Gasteiger partial charge in [-0.1, -0.05) is 15.9 Å². The van der Waals surface area contributed by atoms with Gasteiger partial charge in [0.2, 0.25) is 5.91 Å². The molecule has 0 unspecified atom stereocenters. The molecule has 1 N–H and O–H groups in total. The highest BCUT2D eigenvalue weighted by Crippen LogP contribution is 2.30. The number of halogens is 1. The highest BCUT2D eigenvalue weighted by molar-refractivity contribution is 9.10. The van der Waals surface area contributed by atoms with Crippen molar-refractivity contribution in [1.29, 1.82) is 0 Å². The molecule has 0 radical (unpaired) electrons. The number of nitrogens with zero attached hydrogens (tertiary/aromatic N) is 3. The summed E-state index contributed by atoms with van der Waals surface area (Å²) in [4.78, 5) is 22.7. The SMILES string of the molecule is CC(C)NC(=O)C1CN(c2ncnc3ccc(Br)cc23)C1. The number of amides is 1. The smallest absolute Gasteiger partial charge is 0.226 e. The first-order valence-electron chi connectivity index (χ1n) is 7.00. The number of hydrogen-bond donors (Lipinski definition) is 1. The third-order valence-electron chi connectivity index (χ3n) is 3.56. The molecule has 0 spiro atoms. The fraction of sp³-hybridized carbons (Fsp3) is 0.400. The molecule has 1 amide bonds. The van der Waals surface area contributed by atoms with Gasteiger partial charge < -0.3 is 10.2 Å². The number of carbonyl (C=O) groups excluding carboxylic acids is 1. The number of rotatable bonds is 3. The number of benzene rings is 1. The van der Waals surface area contributed by atoms with E-state index in [9.17, 15) is 4.79 Å². The number of fused-ring (bicyclic) bond motifs is 1. The maximum atomic E-state index is 12.0. The molecule has 6 heteroatoms. The van der Waals surface area contributed by atoms with Gasteiger partial charge >= 0.3 is 0 Å². The molecule has 21 heavy (non-hydrogen) atoms. The van der Waals surface area contributed by atoms with Crippen LogP contribution in [0.3, 0.4) is 0 Å². The zero-order valence-electron chi connectivity index (χ0n) is 12.0. The number of hydrogen-bond acceptors (Lipinski definition) is 4. The minimum Gasteiger partial charge on any atom is -0.354 e. The van der Waals surface area contributed by atoms with Crippen LogP contribution < -0.4 is 10.2 Å². The highest BCUT2D eigenvalue weighted by atomic mass is 79.9. The zero-order valence-corrected chi connectivity index (χ0v) is 13.6. The molecule has 1 fully saturated rings. The van der Waals surface area contributed by atoms with Gasteiger partial charge in [-0.25, -0.2) is 9.97 Å². The van der Waals surface area contributed by atoms with Crippen LogP contribution in [0, 0.1) is 5.92 Å². The average Bonchev–Trinajstić information content (AvgIpc) is 2.36. The van der Waals surface area contributed by atoms with Crippen LogP contribution in [0.5, 0.6) is 0 Å². The van der Waals surface area contributed by atoms with Gasteiger partial charge in [0.25, 0.3) is 0 Å². The molecule has 110 valence electrons. The molecule has 2 heterocycles. The van der Waals surface area contributed by atoms with Gasteiger partial charge in [0.15, 0.2) is 0 Å². The Labute approximate surface area is 131 Å². The molecule has 0 atom stereocenters. The van der Waals surface area contributed by atoms with Gasteiger partial charge in [0.1, 0.15) is 12.1 Å². The summed E-state index contributed by atoms with van der Waals surface area (Å²) < 4.78 is 1.00. The van der Waals surface area contributed by atoms with Crippen LogP contribution in [0.1, 0.15) is 13.8 Å². The van der Waals surface area contributed by atoms with Crippen molar-refractivity contribution in [3.63, 3.8) is 0 Å². The molecule has 2 aromatic rings. The summed E-state index contributed by atoms with van der Waals surface area (Å²) in [5.74, 6) is 1.07. The molecular formula is C15H17BrN4O. The fourth-order valence-corrected chi connectivity index (χ4v) is 2.85. The molecule has 1 aliphatic heterocycles. The van der Waals surface area contributed by atoms with E-state index >= 15 is 0 Å². The third-order valence-corrected chi connectivity index (χ3v) is 4.05. The van der Waals surface area contributed by atoms with Crippen molar-refractivity contribution in [2.24, 2.45) is 5.92 Å². The van der Waals surface area contributed by atoms with E-state index in [1.807, 2.05) is 32.0 Å². The van der Waals surface area contributed by atoms with Gasteiger partial charge in [-0.15, -0.1) is 0 Å². The molecular weight excluding hydrogens is 332 g/mol. The summed E-state index contributed by atoms with van der Waals surface area (Å²) in [6, 6.07) is 6.13. The Hall–Kier alpha value is -1.69. The Balaban J connectivity index is 1.78. The summed E-state index contributed by atoms with van der Waals surface area (Å²) >= 11 is 3.48. The minimum atomic E-state index is 0.0459. The molecule has 1 saturated heterocycles. The van der Waals surface area contributed by atoms with Gasteiger partial charge in [-0.05, 0) is 32.0 Å². The van der Waals surface area contributed by atoms with Crippen LogP contribution in [0.2, 0.25) is 0 Å². The molecule has 1 aromatic heterocycles. The molecule has 3 rings (SSSR count). The first kappa shape index (κ1) is 14.3. The summed E-state index contributed by atoms with van der Waals surface area (Å²) in [7, 11) is 0. The van der Waals surface area contributed by atoms with Crippen LogP contribution >= 0.6 is 15.9 Å². The van der Waals surface area contributed by atoms with Crippen LogP contribution in [-0.2, 0) is 4.79 Å². The standard InChI is InChI=1S/C15H17BrN4O/c1-9(2)19-15(21)10-6-20(7-10)14-12-5-11(16)3-4-13(12)17-8-18-14/h3-5,8-10H,6-7H2,1-2H3,(H,19,21). The topological polar surface area (TPSA) is 58.1 Å². The normalized spacial score (nSPS) is 15.3. The van der Waals surface area contributed by atoms with E-state index in [-0.39, 0.29) is 17.9 Å². The van der Waals surface area contributed by atoms with E-state index < -0.39 is 0 Å². The second-order valence-electron chi connectivity index (χ2n) is 5.62. The highest BCUT2D eigenvalue weighted by Gasteiger charge is 2.34. The maximum Gasteiger partial charge on any atom is 0.226 e. The largest absolute Gasteiger partial charge is 0.354 e. The number of carbonyl (C=O) groups is 1. The van der Waals surface area contributed by atoms with Crippen molar-refractivity contribution in [3.8, 4) is 0 Å². The third kappa shape index (κ3) is 2.85. The molecule has 0 bridgehead atoms. The average molecular weight is 349 g/mol. The van der Waals surface area contributed by atoms with E-state index in [2.05, 4.69) is 36.1 Å². The van der Waals surface area contributed by atoms with Crippen molar-refractivity contribution in [2.75, 3.05) is 18.0 Å². The van der Waals surface area contributed by atoms with Crippen LogP contribution in [0.15, 0.2) is 29.0 Å². The van der Waals surface area contributed by atoms with Crippen LogP contribution in [0.4, 0.5) is 5.82 Å². The van der Waals surface area contributed by atoms with Crippen molar-refractivity contribution < 1.29 is 4.79 Å². The second kappa shape index (κ2) is 5.60. The summed E-state index contributed by atoms with van der Waals surface area (Å²) in [6.07, 6.45) is 1.58. The van der Waals surface area contributed by atoms with Crippen molar-refractivity contribution >= 4 is 38.6 Å². The number of aromatic nitrogens is 2. The Bertz CT molecular complexity index is 682. The van der Waals surface area contributed by atoms with E-state index in [0.717, 1.165) is 21.2 Å². The van der Waals surface area contributed by atoms with Gasteiger partial charge in [0.05, 0.1) is 11.4 Å². The Morgan fingerprint density at radius 3 is 2.86 bits per heavy atom. The molecule has 1 aliphatic rings. The van der Waals surface area contributed by atoms with E-state index in [0.29, 0.717) is 13.1 Å². The van der Waals surface area contributed by atoms with Crippen molar-refractivity contribution in [3.05, 3.63) is 29.0 Å². The summed E-state index contributed by atoms with van der Waals surface area (Å²) in [6.45, 7) is 5.36. The Kier molecular flexibility index (Phi) is 3.80. The lowest BCUT2D eigenvalue weighted by molar-refractivity contribution is -0.126. The Morgan fingerprint density at radius 2 is 2.14 bits per heavy atom. The lowest BCUT2D eigenvalue weighted by Crippen LogP contribution is -2.55. The van der Waals surface area contributed by atoms with Gasteiger partial charge in [0, 0.05) is 29.0 Å². The van der Waals surface area contributed by atoms with Crippen molar-refractivity contribution in [1.82, 2.24) is 15.3 Å². The van der Waals surface area contributed by atoms with E-state index in [1.54, 1.807) is 6.33 Å². The number of anilines is 1. The fourth-order valence-electron chi connectivity index (χ4n) is 2.49. The van der Waals surface area contributed by atoms with Crippen molar-refractivity contribution in [2.45, 2.75) is 19.9 Å². The molecule has 0 saturated carbocycles. The first-order valence-corrected chi connectivity index (χ1v) is 7.79.